The van der Waals surface area contributed by atoms with Gasteiger partial charge in [-0.05, 0) is 22.9 Å². The van der Waals surface area contributed by atoms with Gasteiger partial charge in [0.15, 0.2) is 0 Å². The van der Waals surface area contributed by atoms with E-state index < -0.39 is 0 Å². The van der Waals surface area contributed by atoms with E-state index in [1.165, 1.54) is 5.39 Å². The Morgan fingerprint density at radius 2 is 1.56 bits per heavy atom. The van der Waals surface area contributed by atoms with Crippen molar-refractivity contribution in [2.45, 2.75) is 0 Å². The average molecular weight is 237 g/mol. The Morgan fingerprint density at radius 3 is 2.19 bits per heavy atom. The largest absolute Gasteiger partial charge is 1.00 e. The number of benzene rings is 1. The molecule has 16 heavy (non-hydrogen) atoms. The second-order valence-electron chi connectivity index (χ2n) is 2.99. The van der Waals surface area contributed by atoms with Crippen molar-refractivity contribution < 1.29 is 31.0 Å². The fourth-order valence-corrected chi connectivity index (χ4v) is 1.70. The second-order valence-corrected chi connectivity index (χ2v) is 3.81. The first-order valence-electron chi connectivity index (χ1n) is 4.74. The summed E-state index contributed by atoms with van der Waals surface area (Å²) in [5.41, 5.74) is 1.06. The van der Waals surface area contributed by atoms with Crippen molar-refractivity contribution in [1.29, 1.82) is 0 Å². The predicted octanol–water partition coefficient (Wildman–Crippen LogP) is 1.10. The topological polar surface area (TPSA) is 12.9 Å². The molecule has 3 heteroatoms. The maximum absolute atomic E-state index is 4.18. The number of rotatable bonds is 0. The first-order chi connectivity index (χ1) is 7.47. The van der Waals surface area contributed by atoms with E-state index in [4.69, 9.17) is 0 Å². The molecular weight excluding hydrogens is 225 g/mol. The van der Waals surface area contributed by atoms with Crippen LogP contribution in [0.2, 0.25) is 0 Å². The van der Waals surface area contributed by atoms with E-state index in [-0.39, 0.29) is 31.0 Å². The molecule has 0 bridgehead atoms. The van der Waals surface area contributed by atoms with Crippen molar-refractivity contribution in [3.05, 3.63) is 65.5 Å². The number of para-hydroxylation sites is 1. The van der Waals surface area contributed by atoms with Crippen LogP contribution in [0.1, 0.15) is 1.43 Å². The number of hydrogen-bond acceptors (Lipinski definition) is 2. The van der Waals surface area contributed by atoms with Gasteiger partial charge in [0.2, 0.25) is 0 Å². The van der Waals surface area contributed by atoms with Gasteiger partial charge in [0.25, 0.3) is 0 Å². The van der Waals surface area contributed by atoms with Gasteiger partial charge in [-0.1, -0.05) is 36.4 Å². The maximum Gasteiger partial charge on any atom is 1.00 e. The molecule has 1 aromatic carbocycles. The minimum absolute atomic E-state index is 0. The van der Waals surface area contributed by atoms with E-state index in [0.29, 0.717) is 0 Å². The summed E-state index contributed by atoms with van der Waals surface area (Å²) in [6.07, 6.45) is 1.81. The van der Waals surface area contributed by atoms with Crippen molar-refractivity contribution in [2.75, 3.05) is 0 Å². The van der Waals surface area contributed by atoms with Crippen LogP contribution in [0.4, 0.5) is 0 Å². The van der Waals surface area contributed by atoms with E-state index in [0.717, 1.165) is 5.52 Å². The number of hydrogen-bond donors (Lipinski definition) is 0. The Balaban J connectivity index is 0.000000318. The van der Waals surface area contributed by atoms with Gasteiger partial charge in [-0.2, -0.15) is 11.3 Å². The van der Waals surface area contributed by atoms with Crippen molar-refractivity contribution in [2.24, 2.45) is 0 Å². The summed E-state index contributed by atoms with van der Waals surface area (Å²) in [7, 11) is 0. The van der Waals surface area contributed by atoms with Gasteiger partial charge in [-0.25, -0.2) is 0 Å². The Hall–Kier alpha value is -0.670. The summed E-state index contributed by atoms with van der Waals surface area (Å²) < 4.78 is 0. The zero-order chi connectivity index (χ0) is 10.3. The van der Waals surface area contributed by atoms with Gasteiger partial charge >= 0.3 is 29.6 Å². The quantitative estimate of drug-likeness (QED) is 0.534. The molecule has 0 aliphatic heterocycles. The minimum atomic E-state index is 0. The fraction of sp³-hybridized carbons (Fsp3) is 0. The molecule has 3 rings (SSSR count). The maximum atomic E-state index is 4.18. The van der Waals surface area contributed by atoms with E-state index in [1.54, 1.807) is 11.3 Å². The number of fused-ring (bicyclic) bond motifs is 1. The number of aromatic nitrogens is 1. The van der Waals surface area contributed by atoms with E-state index in [9.17, 15) is 0 Å². The summed E-state index contributed by atoms with van der Waals surface area (Å²) in [6.45, 7) is 0. The molecule has 2 aromatic heterocycles. The third kappa shape index (κ3) is 4.06. The van der Waals surface area contributed by atoms with Crippen molar-refractivity contribution >= 4 is 22.2 Å². The molecule has 0 aliphatic carbocycles. The second kappa shape index (κ2) is 7.58. The summed E-state index contributed by atoms with van der Waals surface area (Å²) in [5.74, 6) is 0. The third-order valence-electron chi connectivity index (χ3n) is 1.94. The van der Waals surface area contributed by atoms with Gasteiger partial charge in [0.1, 0.15) is 0 Å². The molecule has 0 saturated carbocycles. The van der Waals surface area contributed by atoms with Gasteiger partial charge in [-0.3, -0.25) is 4.98 Å². The first-order valence-corrected chi connectivity index (χ1v) is 5.68. The summed E-state index contributed by atoms with van der Waals surface area (Å²) in [5, 5.41) is 5.28. The molecule has 0 radical (unpaired) electrons. The zero-order valence-corrected chi connectivity index (χ0v) is 12.0. The Kier molecular flexibility index (Phi) is 6.34. The summed E-state index contributed by atoms with van der Waals surface area (Å²) in [6, 6.07) is 16.1. The molecule has 76 valence electrons. The average Bonchev–Trinajstić information content (AvgIpc) is 2.88. The molecule has 0 atom stereocenters. The van der Waals surface area contributed by atoms with E-state index in [1.807, 2.05) is 53.4 Å². The minimum Gasteiger partial charge on any atom is -1.00 e. The van der Waals surface area contributed by atoms with Crippen LogP contribution < -0.4 is 29.6 Å². The first kappa shape index (κ1) is 13.4. The van der Waals surface area contributed by atoms with Crippen molar-refractivity contribution in [1.82, 2.24) is 4.98 Å². The standard InChI is InChI=1S/C9H7N.C4H4S.Na.H/c1-2-6-9-8(4-1)5-3-7-10-9;1-2-4-5-3-1;;/h1-7H;1-4H;;/q;;+1;-1. The molecule has 3 aromatic rings. The van der Waals surface area contributed by atoms with Crippen LogP contribution in [0.5, 0.6) is 0 Å². The Labute approximate surface area is 123 Å². The van der Waals surface area contributed by atoms with E-state index >= 15 is 0 Å². The van der Waals surface area contributed by atoms with Gasteiger partial charge in [0.05, 0.1) is 5.52 Å². The number of nitrogens with zero attached hydrogens (tertiary/aromatic N) is 1. The normalized spacial score (nSPS) is 8.75. The van der Waals surface area contributed by atoms with Gasteiger partial charge in [0, 0.05) is 11.6 Å². The predicted molar refractivity (Wildman–Crippen MR) is 67.2 cm³/mol. The van der Waals surface area contributed by atoms with E-state index in [2.05, 4.69) is 17.1 Å². The summed E-state index contributed by atoms with van der Waals surface area (Å²) in [4.78, 5) is 4.18. The number of pyridine rings is 1. The molecule has 0 spiro atoms. The van der Waals surface area contributed by atoms with Crippen molar-refractivity contribution in [3.8, 4) is 0 Å². The molecule has 0 fully saturated rings. The van der Waals surface area contributed by atoms with Crippen LogP contribution >= 0.6 is 11.3 Å². The Bertz CT molecular complexity index is 431. The van der Waals surface area contributed by atoms with Crippen molar-refractivity contribution in [3.63, 3.8) is 0 Å². The monoisotopic (exact) mass is 237 g/mol. The third-order valence-corrected chi connectivity index (χ3v) is 2.57. The fourth-order valence-electron chi connectivity index (χ4n) is 1.24. The van der Waals surface area contributed by atoms with Crippen LogP contribution in [0, 0.1) is 0 Å². The van der Waals surface area contributed by atoms with Gasteiger partial charge < -0.3 is 1.43 Å². The Morgan fingerprint density at radius 1 is 0.875 bits per heavy atom. The SMILES string of the molecule is [H-].[Na+].c1ccc2ncccc2c1.c1ccsc1. The molecule has 0 aliphatic rings. The molecule has 0 saturated heterocycles. The molecular formula is C13H12NNaS. The smallest absolute Gasteiger partial charge is 1.00 e. The molecule has 2 heterocycles. The molecule has 0 amide bonds. The van der Waals surface area contributed by atoms with Crippen LogP contribution in [-0.2, 0) is 0 Å². The number of thiophene rings is 1. The van der Waals surface area contributed by atoms with Crippen LogP contribution in [0.15, 0.2) is 65.5 Å². The van der Waals surface area contributed by atoms with Crippen LogP contribution in [-0.4, -0.2) is 4.98 Å². The molecule has 1 nitrogen and oxygen atoms in total. The van der Waals surface area contributed by atoms with Gasteiger partial charge in [-0.15, -0.1) is 0 Å². The van der Waals surface area contributed by atoms with Crippen LogP contribution in [0.3, 0.4) is 0 Å². The van der Waals surface area contributed by atoms with Crippen LogP contribution in [0.25, 0.3) is 10.9 Å². The molecule has 0 unspecified atom stereocenters. The zero-order valence-electron chi connectivity index (χ0n) is 10.2. The summed E-state index contributed by atoms with van der Waals surface area (Å²) >= 11 is 1.71. The molecule has 0 N–H and O–H groups in total.